The highest BCUT2D eigenvalue weighted by atomic mass is 32.2. The summed E-state index contributed by atoms with van der Waals surface area (Å²) in [5.41, 5.74) is 6.63. The highest BCUT2D eigenvalue weighted by molar-refractivity contribution is 7.89. The van der Waals surface area contributed by atoms with Crippen molar-refractivity contribution in [3.8, 4) is 0 Å². The van der Waals surface area contributed by atoms with Gasteiger partial charge in [-0.2, -0.15) is 4.31 Å². The van der Waals surface area contributed by atoms with Crippen LogP contribution >= 0.6 is 0 Å². The van der Waals surface area contributed by atoms with Crippen molar-refractivity contribution in [2.24, 2.45) is 0 Å². The fourth-order valence-corrected chi connectivity index (χ4v) is 3.53. The largest absolute Gasteiger partial charge is 0.376 e. The van der Waals surface area contributed by atoms with Gasteiger partial charge in [0.15, 0.2) is 5.78 Å². The van der Waals surface area contributed by atoms with E-state index in [0.717, 1.165) is 15.6 Å². The molecule has 2 aromatic rings. The van der Waals surface area contributed by atoms with Gasteiger partial charge in [-0.25, -0.2) is 8.42 Å². The van der Waals surface area contributed by atoms with Crippen molar-refractivity contribution < 1.29 is 22.8 Å². The third kappa shape index (κ3) is 6.39. The van der Waals surface area contributed by atoms with Crippen LogP contribution in [0.2, 0.25) is 0 Å². The second-order valence-electron chi connectivity index (χ2n) is 6.66. The first-order valence-electron chi connectivity index (χ1n) is 9.05. The van der Waals surface area contributed by atoms with Crippen molar-refractivity contribution in [2.45, 2.75) is 18.7 Å². The molecule has 0 aliphatic heterocycles. The van der Waals surface area contributed by atoms with Gasteiger partial charge in [0.1, 0.15) is 0 Å². The predicted octanol–water partition coefficient (Wildman–Crippen LogP) is 1.08. The molecule has 10 heteroatoms. The number of nitrogens with zero attached hydrogens (tertiary/aromatic N) is 1. The Morgan fingerprint density at radius 3 is 2.03 bits per heavy atom. The fraction of sp³-hybridized carbons (Fsp3) is 0.250. The topological polar surface area (TPSA) is 125 Å². The molecule has 0 unspecified atom stereocenters. The first-order chi connectivity index (χ1) is 14.1. The van der Waals surface area contributed by atoms with Crippen LogP contribution < -0.4 is 16.2 Å². The second kappa shape index (κ2) is 9.99. The van der Waals surface area contributed by atoms with Crippen molar-refractivity contribution in [2.75, 3.05) is 25.5 Å². The Hall–Kier alpha value is -3.24. The lowest BCUT2D eigenvalue weighted by Gasteiger charge is -2.17. The van der Waals surface area contributed by atoms with Gasteiger partial charge in [0.05, 0.1) is 18.0 Å². The fourth-order valence-electron chi connectivity index (χ4n) is 2.41. The van der Waals surface area contributed by atoms with E-state index in [1.807, 2.05) is 31.2 Å². The smallest absolute Gasteiger partial charge is 0.257 e. The number of amides is 2. The zero-order chi connectivity index (χ0) is 22.3. The number of ketones is 1. The van der Waals surface area contributed by atoms with Crippen LogP contribution in [-0.2, 0) is 19.6 Å². The molecule has 2 aromatic carbocycles. The van der Waals surface area contributed by atoms with Crippen LogP contribution in [0, 0.1) is 6.92 Å². The molecule has 3 N–H and O–H groups in total. The summed E-state index contributed by atoms with van der Waals surface area (Å²) >= 11 is 0. The molecule has 0 aromatic heterocycles. The van der Waals surface area contributed by atoms with Gasteiger partial charge in [-0.05, 0) is 38.1 Å². The quantitative estimate of drug-likeness (QED) is 0.423. The van der Waals surface area contributed by atoms with Crippen molar-refractivity contribution >= 4 is 33.3 Å². The van der Waals surface area contributed by atoms with Crippen LogP contribution in [0.3, 0.4) is 0 Å². The molecular weight excluding hydrogens is 408 g/mol. The molecule has 0 radical (unpaired) electrons. The molecule has 0 aliphatic rings. The normalized spacial score (nSPS) is 11.1. The summed E-state index contributed by atoms with van der Waals surface area (Å²) in [6.45, 7) is 2.76. The number of aryl methyl sites for hydroxylation is 1. The number of hydrogen-bond acceptors (Lipinski definition) is 6. The minimum absolute atomic E-state index is 0.0471. The zero-order valence-corrected chi connectivity index (χ0v) is 17.7. The maximum Gasteiger partial charge on any atom is 0.257 e. The van der Waals surface area contributed by atoms with E-state index in [1.165, 1.54) is 38.2 Å². The van der Waals surface area contributed by atoms with Gasteiger partial charge < -0.3 is 5.32 Å². The first kappa shape index (κ1) is 23.0. The van der Waals surface area contributed by atoms with E-state index < -0.39 is 28.4 Å². The van der Waals surface area contributed by atoms with Gasteiger partial charge >= 0.3 is 0 Å². The van der Waals surface area contributed by atoms with Crippen LogP contribution in [0.25, 0.3) is 0 Å². The van der Waals surface area contributed by atoms with Gasteiger partial charge in [-0.15, -0.1) is 0 Å². The summed E-state index contributed by atoms with van der Waals surface area (Å²) in [7, 11) is -2.68. The van der Waals surface area contributed by atoms with Gasteiger partial charge in [0.2, 0.25) is 10.0 Å². The number of hydrogen-bond donors (Lipinski definition) is 3. The Labute approximate surface area is 175 Å². The van der Waals surface area contributed by atoms with Gasteiger partial charge in [0, 0.05) is 18.3 Å². The van der Waals surface area contributed by atoms with Crippen LogP contribution in [-0.4, -0.2) is 50.5 Å². The van der Waals surface area contributed by atoms with Gasteiger partial charge in [0.25, 0.3) is 11.8 Å². The lowest BCUT2D eigenvalue weighted by molar-refractivity contribution is -0.128. The standard InChI is InChI=1S/C20H24N4O5S/c1-14-4-8-17(9-5-14)21-12-19(26)22-23-20(27)13-24(3)30(28,29)18-10-6-16(7-11-18)15(2)25/h4-11,21H,12-13H2,1-3H3,(H,22,26)(H,23,27). The number of anilines is 1. The van der Waals surface area contributed by atoms with E-state index in [9.17, 15) is 22.8 Å². The summed E-state index contributed by atoms with van der Waals surface area (Å²) in [6.07, 6.45) is 0. The Morgan fingerprint density at radius 1 is 0.900 bits per heavy atom. The zero-order valence-electron chi connectivity index (χ0n) is 16.9. The van der Waals surface area contributed by atoms with E-state index in [0.29, 0.717) is 5.56 Å². The molecule has 2 rings (SSSR count). The molecule has 9 nitrogen and oxygen atoms in total. The molecular formula is C20H24N4O5S. The third-order valence-corrected chi connectivity index (χ3v) is 6.00. The average molecular weight is 433 g/mol. The molecule has 0 bridgehead atoms. The molecule has 0 atom stereocenters. The van der Waals surface area contributed by atoms with Crippen LogP contribution in [0.4, 0.5) is 5.69 Å². The summed E-state index contributed by atoms with van der Waals surface area (Å²) in [4.78, 5) is 35.1. The number of carbonyl (C=O) groups is 3. The van der Waals surface area contributed by atoms with E-state index in [2.05, 4.69) is 16.2 Å². The summed E-state index contributed by atoms with van der Waals surface area (Å²) in [6, 6.07) is 12.9. The Morgan fingerprint density at radius 2 is 1.47 bits per heavy atom. The Kier molecular flexibility index (Phi) is 7.67. The van der Waals surface area contributed by atoms with Gasteiger partial charge in [-0.3, -0.25) is 25.2 Å². The SMILES string of the molecule is CC(=O)c1ccc(S(=O)(=O)N(C)CC(=O)NNC(=O)CNc2ccc(C)cc2)cc1. The number of hydrazine groups is 1. The molecule has 0 heterocycles. The summed E-state index contributed by atoms with van der Waals surface area (Å²) in [5, 5.41) is 2.90. The predicted molar refractivity (Wildman–Crippen MR) is 112 cm³/mol. The third-order valence-electron chi connectivity index (χ3n) is 4.18. The van der Waals surface area contributed by atoms with Crippen LogP contribution in [0.1, 0.15) is 22.8 Å². The summed E-state index contributed by atoms with van der Waals surface area (Å²) in [5.74, 6) is -1.38. The molecule has 0 aliphatic carbocycles. The maximum absolute atomic E-state index is 12.5. The Bertz CT molecular complexity index is 1020. The first-order valence-corrected chi connectivity index (χ1v) is 10.5. The number of sulfonamides is 1. The number of rotatable bonds is 8. The van der Waals surface area contributed by atoms with Crippen molar-refractivity contribution in [3.63, 3.8) is 0 Å². The van der Waals surface area contributed by atoms with Crippen molar-refractivity contribution in [1.29, 1.82) is 0 Å². The van der Waals surface area contributed by atoms with E-state index in [4.69, 9.17) is 0 Å². The van der Waals surface area contributed by atoms with E-state index >= 15 is 0 Å². The van der Waals surface area contributed by atoms with Crippen molar-refractivity contribution in [3.05, 3.63) is 59.7 Å². The maximum atomic E-state index is 12.5. The summed E-state index contributed by atoms with van der Waals surface area (Å²) < 4.78 is 25.9. The van der Waals surface area contributed by atoms with Crippen LogP contribution in [0.5, 0.6) is 0 Å². The molecule has 0 saturated heterocycles. The highest BCUT2D eigenvalue weighted by Gasteiger charge is 2.23. The monoisotopic (exact) mass is 432 g/mol. The van der Waals surface area contributed by atoms with Crippen LogP contribution in [0.15, 0.2) is 53.4 Å². The lowest BCUT2D eigenvalue weighted by Crippen LogP contribution is -2.48. The van der Waals surface area contributed by atoms with E-state index in [-0.39, 0.29) is 17.2 Å². The minimum Gasteiger partial charge on any atom is -0.376 e. The Balaban J connectivity index is 1.83. The lowest BCUT2D eigenvalue weighted by atomic mass is 10.2. The number of benzene rings is 2. The number of Topliss-reactive ketones (excluding diaryl/α,β-unsaturated/α-hetero) is 1. The minimum atomic E-state index is -3.93. The number of likely N-dealkylation sites (N-methyl/N-ethyl adjacent to an activating group) is 1. The average Bonchev–Trinajstić information content (AvgIpc) is 2.71. The van der Waals surface area contributed by atoms with Gasteiger partial charge in [-0.1, -0.05) is 29.8 Å². The highest BCUT2D eigenvalue weighted by Crippen LogP contribution is 2.15. The van der Waals surface area contributed by atoms with E-state index in [1.54, 1.807) is 0 Å². The van der Waals surface area contributed by atoms with Crippen molar-refractivity contribution in [1.82, 2.24) is 15.2 Å². The molecule has 0 fully saturated rings. The molecule has 0 spiro atoms. The molecule has 0 saturated carbocycles. The number of nitrogens with one attached hydrogen (secondary N) is 3. The number of carbonyl (C=O) groups excluding carboxylic acids is 3. The molecule has 160 valence electrons. The molecule has 2 amide bonds. The molecule has 30 heavy (non-hydrogen) atoms. The second-order valence-corrected chi connectivity index (χ2v) is 8.70.